The Balaban J connectivity index is 2.13. The summed E-state index contributed by atoms with van der Waals surface area (Å²) in [5, 5.41) is 7.89. The van der Waals surface area contributed by atoms with Crippen LogP contribution >= 0.6 is 11.5 Å². The van der Waals surface area contributed by atoms with Crippen LogP contribution in [0.25, 0.3) is 0 Å². The summed E-state index contributed by atoms with van der Waals surface area (Å²) in [5.74, 6) is 0.817. The van der Waals surface area contributed by atoms with Gasteiger partial charge >= 0.3 is 0 Å². The van der Waals surface area contributed by atoms with Gasteiger partial charge in [0.1, 0.15) is 0 Å². The van der Waals surface area contributed by atoms with Crippen LogP contribution < -0.4 is 5.32 Å². The minimum absolute atomic E-state index is 0.514. The number of hydrogen-bond donors (Lipinski definition) is 1. The third-order valence-electron chi connectivity index (χ3n) is 3.40. The van der Waals surface area contributed by atoms with Gasteiger partial charge in [-0.1, -0.05) is 31.2 Å². The first-order valence-corrected chi connectivity index (χ1v) is 7.18. The Morgan fingerprint density at radius 3 is 2.81 bits per heavy atom. The van der Waals surface area contributed by atoms with E-state index in [-0.39, 0.29) is 0 Å². The van der Waals surface area contributed by atoms with Crippen LogP contribution in [0.2, 0.25) is 0 Å². The van der Waals surface area contributed by atoms with Gasteiger partial charge in [-0.25, -0.2) is 0 Å². The number of nitrogens with one attached hydrogen (secondary N) is 1. The standard InChI is InChI=1S/C12H21N3S/c1-3-6-10-12(16-15-14-10)11(13-4-2)9-7-5-8-9/h9,11,13H,3-8H2,1-2H3. The molecule has 4 heteroatoms. The summed E-state index contributed by atoms with van der Waals surface area (Å²) < 4.78 is 4.14. The molecular weight excluding hydrogens is 218 g/mol. The van der Waals surface area contributed by atoms with E-state index in [1.165, 1.54) is 29.8 Å². The summed E-state index contributed by atoms with van der Waals surface area (Å²) in [6.45, 7) is 5.42. The van der Waals surface area contributed by atoms with E-state index < -0.39 is 0 Å². The number of hydrogen-bond acceptors (Lipinski definition) is 4. The van der Waals surface area contributed by atoms with Crippen LogP contribution in [0.5, 0.6) is 0 Å². The highest BCUT2D eigenvalue weighted by atomic mass is 32.1. The van der Waals surface area contributed by atoms with Crippen molar-refractivity contribution < 1.29 is 0 Å². The highest BCUT2D eigenvalue weighted by Gasteiger charge is 2.30. The Morgan fingerprint density at radius 2 is 2.25 bits per heavy atom. The van der Waals surface area contributed by atoms with E-state index in [1.54, 1.807) is 11.5 Å². The van der Waals surface area contributed by atoms with Gasteiger partial charge in [0, 0.05) is 6.04 Å². The molecule has 1 N–H and O–H groups in total. The van der Waals surface area contributed by atoms with Gasteiger partial charge in [0.15, 0.2) is 0 Å². The average molecular weight is 239 g/mol. The summed E-state index contributed by atoms with van der Waals surface area (Å²) in [5.41, 5.74) is 1.23. The van der Waals surface area contributed by atoms with Crippen LogP contribution in [-0.2, 0) is 6.42 Å². The van der Waals surface area contributed by atoms with Gasteiger partial charge in [-0.2, -0.15) is 0 Å². The molecule has 0 spiro atoms. The van der Waals surface area contributed by atoms with Crippen molar-refractivity contribution in [3.63, 3.8) is 0 Å². The lowest BCUT2D eigenvalue weighted by Gasteiger charge is -2.33. The van der Waals surface area contributed by atoms with Gasteiger partial charge in [-0.15, -0.1) is 5.10 Å². The summed E-state index contributed by atoms with van der Waals surface area (Å²) in [6, 6.07) is 0.514. The highest BCUT2D eigenvalue weighted by molar-refractivity contribution is 7.05. The maximum atomic E-state index is 4.28. The van der Waals surface area contributed by atoms with E-state index in [2.05, 4.69) is 28.8 Å². The molecule has 2 rings (SSSR count). The van der Waals surface area contributed by atoms with Crippen molar-refractivity contribution in [3.8, 4) is 0 Å². The van der Waals surface area contributed by atoms with Crippen LogP contribution in [0.4, 0.5) is 0 Å². The molecule has 1 fully saturated rings. The van der Waals surface area contributed by atoms with Gasteiger partial charge < -0.3 is 5.32 Å². The zero-order valence-corrected chi connectivity index (χ0v) is 11.0. The minimum atomic E-state index is 0.514. The fraction of sp³-hybridized carbons (Fsp3) is 0.833. The van der Waals surface area contributed by atoms with E-state index in [1.807, 2.05) is 0 Å². The Kier molecular flexibility index (Phi) is 4.29. The smallest absolute Gasteiger partial charge is 0.0803 e. The second-order valence-corrected chi connectivity index (χ2v) is 5.35. The molecule has 1 aliphatic carbocycles. The van der Waals surface area contributed by atoms with Gasteiger partial charge in [0.05, 0.1) is 10.6 Å². The molecule has 0 amide bonds. The number of rotatable bonds is 6. The molecule has 0 radical (unpaired) electrons. The third kappa shape index (κ3) is 2.43. The highest BCUT2D eigenvalue weighted by Crippen LogP contribution is 2.39. The molecule has 90 valence electrons. The first kappa shape index (κ1) is 12.0. The molecular formula is C12H21N3S. The normalized spacial score (nSPS) is 18.4. The monoisotopic (exact) mass is 239 g/mol. The Labute approximate surface area is 102 Å². The molecule has 1 unspecified atom stereocenters. The maximum absolute atomic E-state index is 4.28. The average Bonchev–Trinajstić information content (AvgIpc) is 2.63. The Hall–Kier alpha value is -0.480. The van der Waals surface area contributed by atoms with Crippen molar-refractivity contribution >= 4 is 11.5 Å². The first-order valence-electron chi connectivity index (χ1n) is 6.41. The van der Waals surface area contributed by atoms with Crippen molar-refractivity contribution in [1.82, 2.24) is 14.9 Å². The zero-order valence-electron chi connectivity index (χ0n) is 10.2. The van der Waals surface area contributed by atoms with E-state index in [9.17, 15) is 0 Å². The fourth-order valence-corrected chi connectivity index (χ4v) is 3.19. The molecule has 0 aromatic carbocycles. The van der Waals surface area contributed by atoms with E-state index >= 15 is 0 Å². The van der Waals surface area contributed by atoms with Crippen LogP contribution in [0.3, 0.4) is 0 Å². The molecule has 0 saturated heterocycles. The molecule has 3 nitrogen and oxygen atoms in total. The zero-order chi connectivity index (χ0) is 11.4. The first-order chi connectivity index (χ1) is 7.86. The summed E-state index contributed by atoms with van der Waals surface area (Å²) >= 11 is 1.59. The SMILES string of the molecule is CCCc1nnsc1C(NCC)C1CCC1. The van der Waals surface area contributed by atoms with Gasteiger partial charge in [-0.3, -0.25) is 0 Å². The van der Waals surface area contributed by atoms with Crippen LogP contribution in [-0.4, -0.2) is 16.1 Å². The summed E-state index contributed by atoms with van der Waals surface area (Å²) in [4.78, 5) is 1.40. The van der Waals surface area contributed by atoms with Gasteiger partial charge in [0.25, 0.3) is 0 Å². The maximum Gasteiger partial charge on any atom is 0.0803 e. The fourth-order valence-electron chi connectivity index (χ4n) is 2.33. The van der Waals surface area contributed by atoms with E-state index in [0.717, 1.165) is 25.3 Å². The minimum Gasteiger partial charge on any atom is -0.309 e. The Bertz CT molecular complexity index is 320. The van der Waals surface area contributed by atoms with Crippen LogP contribution in [0.1, 0.15) is 56.1 Å². The van der Waals surface area contributed by atoms with Crippen LogP contribution in [0.15, 0.2) is 0 Å². The van der Waals surface area contributed by atoms with Gasteiger partial charge in [-0.05, 0) is 43.3 Å². The largest absolute Gasteiger partial charge is 0.309 e. The molecule has 0 bridgehead atoms. The second kappa shape index (κ2) is 5.73. The topological polar surface area (TPSA) is 37.8 Å². The molecule has 1 aromatic heterocycles. The van der Waals surface area contributed by atoms with E-state index in [0.29, 0.717) is 6.04 Å². The lowest BCUT2D eigenvalue weighted by molar-refractivity contribution is 0.235. The molecule has 0 aliphatic heterocycles. The molecule has 1 atom stereocenters. The lowest BCUT2D eigenvalue weighted by Crippen LogP contribution is -2.32. The van der Waals surface area contributed by atoms with Crippen LogP contribution in [0, 0.1) is 5.92 Å². The number of aryl methyl sites for hydroxylation is 1. The molecule has 1 saturated carbocycles. The Morgan fingerprint density at radius 1 is 1.44 bits per heavy atom. The van der Waals surface area contributed by atoms with Crippen molar-refractivity contribution in [2.75, 3.05) is 6.54 Å². The van der Waals surface area contributed by atoms with Crippen molar-refractivity contribution in [2.24, 2.45) is 5.92 Å². The quantitative estimate of drug-likeness (QED) is 0.829. The predicted molar refractivity (Wildman–Crippen MR) is 67.7 cm³/mol. The van der Waals surface area contributed by atoms with Crippen molar-refractivity contribution in [2.45, 2.75) is 52.0 Å². The summed E-state index contributed by atoms with van der Waals surface area (Å²) in [7, 11) is 0. The van der Waals surface area contributed by atoms with Crippen molar-refractivity contribution in [1.29, 1.82) is 0 Å². The lowest BCUT2D eigenvalue weighted by atomic mass is 9.78. The molecule has 1 aromatic rings. The van der Waals surface area contributed by atoms with E-state index in [4.69, 9.17) is 0 Å². The predicted octanol–water partition coefficient (Wildman–Crippen LogP) is 2.94. The van der Waals surface area contributed by atoms with Gasteiger partial charge in [0.2, 0.25) is 0 Å². The molecule has 1 aliphatic rings. The second-order valence-electron chi connectivity index (χ2n) is 4.56. The van der Waals surface area contributed by atoms with Crippen molar-refractivity contribution in [3.05, 3.63) is 10.6 Å². The third-order valence-corrected chi connectivity index (χ3v) is 4.25. The number of aromatic nitrogens is 2. The molecule has 1 heterocycles. The molecule has 16 heavy (non-hydrogen) atoms. The summed E-state index contributed by atoms with van der Waals surface area (Å²) in [6.07, 6.45) is 6.34. The number of nitrogens with zero attached hydrogens (tertiary/aromatic N) is 2.